The van der Waals surface area contributed by atoms with Crippen molar-refractivity contribution >= 4 is 38.3 Å². The molecule has 1 saturated heterocycles. The number of hydrogen-bond donors (Lipinski definition) is 1. The summed E-state index contributed by atoms with van der Waals surface area (Å²) in [7, 11) is -1.04. The molecule has 29 heavy (non-hydrogen) atoms. The maximum absolute atomic E-state index is 12.8. The molecule has 1 N–H and O–H groups in total. The summed E-state index contributed by atoms with van der Waals surface area (Å²) in [5, 5.41) is 10.0. The normalized spacial score (nSPS) is 18.5. The number of hydrogen-bond acceptors (Lipinski definition) is 6. The molecule has 0 bridgehead atoms. The minimum Gasteiger partial charge on any atom is -0.360 e. The van der Waals surface area contributed by atoms with Crippen LogP contribution in [-0.4, -0.2) is 51.2 Å². The molecular formula is C20H24N4O3S2. The SMILES string of the molecule is CCc1cccc2c(C(=O)CSc3nnc(C[C@@H]4CCS(=O)(=O)C4)n3C)c[nH]c12. The molecule has 154 valence electrons. The highest BCUT2D eigenvalue weighted by Crippen LogP contribution is 2.26. The van der Waals surface area contributed by atoms with Crippen LogP contribution in [0.25, 0.3) is 10.9 Å². The summed E-state index contributed by atoms with van der Waals surface area (Å²) in [5.41, 5.74) is 2.92. The molecule has 3 heterocycles. The van der Waals surface area contributed by atoms with Crippen LogP contribution in [0, 0.1) is 5.92 Å². The van der Waals surface area contributed by atoms with Gasteiger partial charge in [-0.15, -0.1) is 10.2 Å². The minimum absolute atomic E-state index is 0.0425. The summed E-state index contributed by atoms with van der Waals surface area (Å²) >= 11 is 1.36. The number of rotatable bonds is 7. The van der Waals surface area contributed by atoms with E-state index in [1.807, 2.05) is 23.7 Å². The van der Waals surface area contributed by atoms with Crippen LogP contribution in [-0.2, 0) is 29.7 Å². The van der Waals surface area contributed by atoms with E-state index in [1.165, 1.54) is 17.3 Å². The number of aromatic nitrogens is 4. The van der Waals surface area contributed by atoms with Gasteiger partial charge in [-0.25, -0.2) is 8.42 Å². The molecule has 0 spiro atoms. The molecule has 4 rings (SSSR count). The van der Waals surface area contributed by atoms with Gasteiger partial charge in [0.05, 0.1) is 17.3 Å². The molecule has 0 saturated carbocycles. The summed E-state index contributed by atoms with van der Waals surface area (Å²) in [6.45, 7) is 2.10. The van der Waals surface area contributed by atoms with Gasteiger partial charge in [0.2, 0.25) is 0 Å². The summed E-state index contributed by atoms with van der Waals surface area (Å²) in [6.07, 6.45) is 3.97. The number of nitrogens with zero attached hydrogens (tertiary/aromatic N) is 3. The molecule has 0 amide bonds. The summed E-state index contributed by atoms with van der Waals surface area (Å²) in [4.78, 5) is 16.0. The van der Waals surface area contributed by atoms with E-state index >= 15 is 0 Å². The lowest BCUT2D eigenvalue weighted by Crippen LogP contribution is -2.11. The van der Waals surface area contributed by atoms with Crippen molar-refractivity contribution < 1.29 is 13.2 Å². The number of ketones is 1. The average molecular weight is 433 g/mol. The second-order valence-electron chi connectivity index (χ2n) is 7.54. The van der Waals surface area contributed by atoms with Crippen LogP contribution >= 0.6 is 11.8 Å². The van der Waals surface area contributed by atoms with Gasteiger partial charge >= 0.3 is 0 Å². The van der Waals surface area contributed by atoms with E-state index in [4.69, 9.17) is 0 Å². The zero-order valence-corrected chi connectivity index (χ0v) is 18.1. The average Bonchev–Trinajstić information content (AvgIpc) is 3.38. The summed E-state index contributed by atoms with van der Waals surface area (Å²) < 4.78 is 25.2. The van der Waals surface area contributed by atoms with E-state index in [0.717, 1.165) is 23.1 Å². The van der Waals surface area contributed by atoms with Crippen LogP contribution in [0.5, 0.6) is 0 Å². The number of aryl methyl sites for hydroxylation is 1. The fourth-order valence-corrected chi connectivity index (χ4v) is 6.57. The number of carbonyl (C=O) groups excluding carboxylic acids is 1. The highest BCUT2D eigenvalue weighted by atomic mass is 32.2. The molecule has 0 unspecified atom stereocenters. The van der Waals surface area contributed by atoms with Gasteiger partial charge in [0.15, 0.2) is 20.8 Å². The first-order chi connectivity index (χ1) is 13.9. The van der Waals surface area contributed by atoms with Gasteiger partial charge in [0.1, 0.15) is 5.82 Å². The smallest absolute Gasteiger partial charge is 0.191 e. The molecule has 1 fully saturated rings. The number of fused-ring (bicyclic) bond motifs is 1. The molecule has 0 radical (unpaired) electrons. The maximum atomic E-state index is 12.8. The number of nitrogens with one attached hydrogen (secondary N) is 1. The number of H-pyrrole nitrogens is 1. The Balaban J connectivity index is 1.43. The molecular weight excluding hydrogens is 408 g/mol. The van der Waals surface area contributed by atoms with Gasteiger partial charge in [-0.1, -0.05) is 36.9 Å². The second kappa shape index (κ2) is 7.95. The van der Waals surface area contributed by atoms with E-state index < -0.39 is 9.84 Å². The van der Waals surface area contributed by atoms with Crippen LogP contribution in [0.15, 0.2) is 29.6 Å². The number of Topliss-reactive ketones (excluding diaryl/α,β-unsaturated/α-hetero) is 1. The van der Waals surface area contributed by atoms with Crippen LogP contribution in [0.3, 0.4) is 0 Å². The zero-order valence-electron chi connectivity index (χ0n) is 16.5. The number of aromatic amines is 1. The lowest BCUT2D eigenvalue weighted by molar-refractivity contribution is 0.102. The first kappa shape index (κ1) is 20.2. The van der Waals surface area contributed by atoms with E-state index in [0.29, 0.717) is 23.6 Å². The molecule has 1 atom stereocenters. The Morgan fingerprint density at radius 2 is 2.17 bits per heavy atom. The van der Waals surface area contributed by atoms with Crippen molar-refractivity contribution in [1.29, 1.82) is 0 Å². The first-order valence-corrected chi connectivity index (χ1v) is 12.5. The number of para-hydroxylation sites is 1. The maximum Gasteiger partial charge on any atom is 0.191 e. The predicted octanol–water partition coefficient (Wildman–Crippen LogP) is 2.81. The van der Waals surface area contributed by atoms with Crippen LogP contribution in [0.4, 0.5) is 0 Å². The van der Waals surface area contributed by atoms with E-state index in [2.05, 4.69) is 28.2 Å². The fourth-order valence-electron chi connectivity index (χ4n) is 3.89. The van der Waals surface area contributed by atoms with Gasteiger partial charge in [0, 0.05) is 36.1 Å². The molecule has 2 aromatic heterocycles. The van der Waals surface area contributed by atoms with Crippen molar-refractivity contribution in [3.8, 4) is 0 Å². The van der Waals surface area contributed by atoms with E-state index in [9.17, 15) is 13.2 Å². The van der Waals surface area contributed by atoms with E-state index in [-0.39, 0.29) is 29.0 Å². The molecule has 7 nitrogen and oxygen atoms in total. The van der Waals surface area contributed by atoms with Crippen molar-refractivity contribution in [2.75, 3.05) is 17.3 Å². The molecule has 3 aromatic rings. The third-order valence-corrected chi connectivity index (χ3v) is 8.40. The topological polar surface area (TPSA) is 97.7 Å². The van der Waals surface area contributed by atoms with Crippen molar-refractivity contribution in [2.45, 2.75) is 31.3 Å². The highest BCUT2D eigenvalue weighted by molar-refractivity contribution is 7.99. The Bertz CT molecular complexity index is 1160. The minimum atomic E-state index is -2.90. The van der Waals surface area contributed by atoms with Crippen LogP contribution < -0.4 is 0 Å². The van der Waals surface area contributed by atoms with E-state index in [1.54, 1.807) is 6.20 Å². The quantitative estimate of drug-likeness (QED) is 0.455. The Morgan fingerprint density at radius 3 is 2.90 bits per heavy atom. The number of benzene rings is 1. The van der Waals surface area contributed by atoms with Gasteiger partial charge in [-0.3, -0.25) is 4.79 Å². The Kier molecular flexibility index (Phi) is 5.52. The molecule has 0 aliphatic carbocycles. The van der Waals surface area contributed by atoms with Crippen LogP contribution in [0.1, 0.15) is 35.1 Å². The van der Waals surface area contributed by atoms with Crippen molar-refractivity contribution in [1.82, 2.24) is 19.7 Å². The predicted molar refractivity (Wildman–Crippen MR) is 114 cm³/mol. The first-order valence-electron chi connectivity index (χ1n) is 9.71. The third kappa shape index (κ3) is 4.11. The van der Waals surface area contributed by atoms with Crippen molar-refractivity contribution in [3.63, 3.8) is 0 Å². The zero-order chi connectivity index (χ0) is 20.6. The molecule has 1 aliphatic rings. The lowest BCUT2D eigenvalue weighted by atomic mass is 10.1. The molecule has 1 aliphatic heterocycles. The fraction of sp³-hybridized carbons (Fsp3) is 0.450. The highest BCUT2D eigenvalue weighted by Gasteiger charge is 2.29. The number of thioether (sulfide) groups is 1. The Labute approximate surface area is 174 Å². The Morgan fingerprint density at radius 1 is 1.34 bits per heavy atom. The monoisotopic (exact) mass is 432 g/mol. The molecule has 9 heteroatoms. The van der Waals surface area contributed by atoms with Gasteiger partial charge in [-0.05, 0) is 24.3 Å². The van der Waals surface area contributed by atoms with Gasteiger partial charge in [-0.2, -0.15) is 0 Å². The largest absolute Gasteiger partial charge is 0.360 e. The summed E-state index contributed by atoms with van der Waals surface area (Å²) in [5.74, 6) is 1.66. The second-order valence-corrected chi connectivity index (χ2v) is 10.7. The number of sulfone groups is 1. The van der Waals surface area contributed by atoms with Crippen LogP contribution in [0.2, 0.25) is 0 Å². The van der Waals surface area contributed by atoms with Crippen molar-refractivity contribution in [2.24, 2.45) is 13.0 Å². The van der Waals surface area contributed by atoms with Gasteiger partial charge < -0.3 is 9.55 Å². The van der Waals surface area contributed by atoms with Crippen molar-refractivity contribution in [3.05, 3.63) is 41.3 Å². The number of carbonyl (C=O) groups is 1. The third-order valence-electron chi connectivity index (χ3n) is 5.54. The summed E-state index contributed by atoms with van der Waals surface area (Å²) in [6, 6.07) is 6.02. The molecule has 1 aromatic carbocycles. The lowest BCUT2D eigenvalue weighted by Gasteiger charge is -2.07. The standard InChI is InChI=1S/C20H24N4O3S2/c1-3-14-5-4-6-15-16(10-21-19(14)15)17(25)11-28-20-23-22-18(24(20)2)9-13-7-8-29(26,27)12-13/h4-6,10,13,21H,3,7-9,11-12H2,1-2H3/t13-/m0/s1. The Hall–Kier alpha value is -2.13. The van der Waals surface area contributed by atoms with Gasteiger partial charge in [0.25, 0.3) is 0 Å².